The van der Waals surface area contributed by atoms with Crippen molar-refractivity contribution in [2.45, 2.75) is 13.5 Å². The number of nitrogens with one attached hydrogen (secondary N) is 1. The van der Waals surface area contributed by atoms with Crippen LogP contribution in [0.4, 0.5) is 10.1 Å². The zero-order chi connectivity index (χ0) is 21.8. The van der Waals surface area contributed by atoms with E-state index in [1.54, 1.807) is 19.1 Å². The number of anilines is 1. The van der Waals surface area contributed by atoms with Crippen molar-refractivity contribution in [3.05, 3.63) is 94.6 Å². The van der Waals surface area contributed by atoms with Crippen LogP contribution in [0.15, 0.2) is 71.4 Å². The lowest BCUT2D eigenvalue weighted by Crippen LogP contribution is -2.14. The quantitative estimate of drug-likeness (QED) is 0.420. The van der Waals surface area contributed by atoms with E-state index in [1.165, 1.54) is 24.4 Å². The van der Waals surface area contributed by atoms with E-state index in [0.29, 0.717) is 18.2 Å². The van der Waals surface area contributed by atoms with Gasteiger partial charge in [0.05, 0.1) is 22.5 Å². The highest BCUT2D eigenvalue weighted by atomic mass is 35.5. The van der Waals surface area contributed by atoms with Gasteiger partial charge < -0.3 is 14.6 Å². The standard InChI is InChI=1S/C23H17ClFN3O3/c1-14-20(22(28-31-14)21-17(24)8-5-9-18(21)25)23(29)27-16-10-11-19(26-12-16)30-13-15-6-3-2-4-7-15/h2-12H,13H2,1H3,(H,27,29). The van der Waals surface area contributed by atoms with Crippen LogP contribution in [0.25, 0.3) is 11.3 Å². The number of nitrogens with zero attached hydrogens (tertiary/aromatic N) is 2. The predicted octanol–water partition coefficient (Wildman–Crippen LogP) is 5.67. The van der Waals surface area contributed by atoms with Gasteiger partial charge in [-0.1, -0.05) is 53.2 Å². The number of ether oxygens (including phenoxy) is 1. The second-order valence-electron chi connectivity index (χ2n) is 6.67. The van der Waals surface area contributed by atoms with Crippen LogP contribution in [0.1, 0.15) is 21.7 Å². The third-order valence-corrected chi connectivity index (χ3v) is 4.83. The summed E-state index contributed by atoms with van der Waals surface area (Å²) < 4.78 is 25.1. The number of carbonyl (C=O) groups is 1. The SMILES string of the molecule is Cc1onc(-c2c(F)cccc2Cl)c1C(=O)Nc1ccc(OCc2ccccc2)nc1. The Morgan fingerprint density at radius 1 is 1.13 bits per heavy atom. The van der Waals surface area contributed by atoms with E-state index in [-0.39, 0.29) is 27.6 Å². The summed E-state index contributed by atoms with van der Waals surface area (Å²) in [5, 5.41) is 6.68. The first-order valence-electron chi connectivity index (χ1n) is 9.37. The summed E-state index contributed by atoms with van der Waals surface area (Å²) in [6.45, 7) is 1.95. The first-order chi connectivity index (χ1) is 15.0. The van der Waals surface area contributed by atoms with Crippen molar-refractivity contribution >= 4 is 23.2 Å². The fourth-order valence-electron chi connectivity index (χ4n) is 3.00. The summed E-state index contributed by atoms with van der Waals surface area (Å²) in [7, 11) is 0. The molecule has 4 aromatic rings. The molecule has 2 heterocycles. The van der Waals surface area contributed by atoms with Crippen molar-refractivity contribution in [2.75, 3.05) is 5.32 Å². The highest BCUT2D eigenvalue weighted by Crippen LogP contribution is 2.33. The lowest BCUT2D eigenvalue weighted by Gasteiger charge is -2.09. The molecule has 0 fully saturated rings. The monoisotopic (exact) mass is 437 g/mol. The van der Waals surface area contributed by atoms with Gasteiger partial charge in [0.1, 0.15) is 29.4 Å². The maximum Gasteiger partial charge on any atom is 0.261 e. The Bertz CT molecular complexity index is 1190. The van der Waals surface area contributed by atoms with Gasteiger partial charge in [0.25, 0.3) is 5.91 Å². The number of aromatic nitrogens is 2. The van der Waals surface area contributed by atoms with Crippen molar-refractivity contribution in [3.63, 3.8) is 0 Å². The largest absolute Gasteiger partial charge is 0.473 e. The maximum atomic E-state index is 14.3. The van der Waals surface area contributed by atoms with Gasteiger partial charge in [-0.25, -0.2) is 9.37 Å². The molecule has 0 atom stereocenters. The number of aryl methyl sites for hydroxylation is 1. The average Bonchev–Trinajstić information content (AvgIpc) is 3.15. The molecule has 0 saturated heterocycles. The Kier molecular flexibility index (Phi) is 5.95. The molecular weight excluding hydrogens is 421 g/mol. The number of halogens is 2. The topological polar surface area (TPSA) is 77.2 Å². The van der Waals surface area contributed by atoms with Gasteiger partial charge in [-0.15, -0.1) is 0 Å². The molecule has 0 saturated carbocycles. The van der Waals surface area contributed by atoms with E-state index < -0.39 is 11.7 Å². The smallest absolute Gasteiger partial charge is 0.261 e. The molecular formula is C23H17ClFN3O3. The van der Waals surface area contributed by atoms with Crippen LogP contribution in [0.5, 0.6) is 5.88 Å². The van der Waals surface area contributed by atoms with Gasteiger partial charge in [0.15, 0.2) is 0 Å². The molecule has 0 unspecified atom stereocenters. The van der Waals surface area contributed by atoms with Gasteiger partial charge in [-0.3, -0.25) is 4.79 Å². The van der Waals surface area contributed by atoms with Gasteiger partial charge in [-0.05, 0) is 30.7 Å². The second-order valence-corrected chi connectivity index (χ2v) is 7.08. The van der Waals surface area contributed by atoms with Crippen molar-refractivity contribution in [1.82, 2.24) is 10.1 Å². The van der Waals surface area contributed by atoms with Gasteiger partial charge in [-0.2, -0.15) is 0 Å². The number of rotatable bonds is 6. The summed E-state index contributed by atoms with van der Waals surface area (Å²) in [5.74, 6) is -0.464. The van der Waals surface area contributed by atoms with Crippen molar-refractivity contribution in [1.29, 1.82) is 0 Å². The number of pyridine rings is 1. The molecule has 2 aromatic carbocycles. The molecule has 156 valence electrons. The summed E-state index contributed by atoms with van der Waals surface area (Å²) in [4.78, 5) is 17.1. The predicted molar refractivity (Wildman–Crippen MR) is 115 cm³/mol. The molecule has 31 heavy (non-hydrogen) atoms. The second kappa shape index (κ2) is 8.97. The normalized spacial score (nSPS) is 10.7. The lowest BCUT2D eigenvalue weighted by atomic mass is 10.0. The minimum Gasteiger partial charge on any atom is -0.473 e. The molecule has 8 heteroatoms. The molecule has 0 aliphatic rings. The summed E-state index contributed by atoms with van der Waals surface area (Å²) in [6.07, 6.45) is 1.47. The molecule has 6 nitrogen and oxygen atoms in total. The molecule has 0 aliphatic heterocycles. The van der Waals surface area contributed by atoms with Crippen LogP contribution >= 0.6 is 11.6 Å². The van der Waals surface area contributed by atoms with E-state index >= 15 is 0 Å². The Balaban J connectivity index is 1.50. The Labute approximate surface area is 182 Å². The van der Waals surface area contributed by atoms with Crippen LogP contribution in [0.2, 0.25) is 5.02 Å². The Morgan fingerprint density at radius 2 is 1.94 bits per heavy atom. The maximum absolute atomic E-state index is 14.3. The van der Waals surface area contributed by atoms with E-state index in [0.717, 1.165) is 5.56 Å². The molecule has 2 aromatic heterocycles. The highest BCUT2D eigenvalue weighted by Gasteiger charge is 2.25. The number of hydrogen-bond donors (Lipinski definition) is 1. The summed E-state index contributed by atoms with van der Waals surface area (Å²) in [5.41, 5.74) is 1.59. The molecule has 0 radical (unpaired) electrons. The molecule has 1 amide bonds. The molecule has 1 N–H and O–H groups in total. The Hall–Kier alpha value is -3.71. The van der Waals surface area contributed by atoms with E-state index in [1.807, 2.05) is 30.3 Å². The Morgan fingerprint density at radius 3 is 2.65 bits per heavy atom. The number of hydrogen-bond acceptors (Lipinski definition) is 5. The third kappa shape index (κ3) is 4.57. The van der Waals surface area contributed by atoms with Crippen molar-refractivity contribution in [3.8, 4) is 17.1 Å². The first kappa shape index (κ1) is 20.6. The summed E-state index contributed by atoms with van der Waals surface area (Å²) >= 11 is 6.12. The number of carbonyl (C=O) groups excluding carboxylic acids is 1. The van der Waals surface area contributed by atoms with Gasteiger partial charge >= 0.3 is 0 Å². The van der Waals surface area contributed by atoms with Crippen LogP contribution < -0.4 is 10.1 Å². The molecule has 0 spiro atoms. The van der Waals surface area contributed by atoms with Crippen LogP contribution in [0.3, 0.4) is 0 Å². The fourth-order valence-corrected chi connectivity index (χ4v) is 3.25. The first-order valence-corrected chi connectivity index (χ1v) is 9.75. The number of benzene rings is 2. The minimum atomic E-state index is -0.601. The minimum absolute atomic E-state index is 0.00829. The van der Waals surface area contributed by atoms with E-state index in [4.69, 9.17) is 20.9 Å². The molecule has 0 bridgehead atoms. The van der Waals surface area contributed by atoms with Gasteiger partial charge in [0.2, 0.25) is 5.88 Å². The van der Waals surface area contributed by atoms with Crippen molar-refractivity contribution < 1.29 is 18.4 Å². The van der Waals surface area contributed by atoms with E-state index in [9.17, 15) is 9.18 Å². The highest BCUT2D eigenvalue weighted by molar-refractivity contribution is 6.33. The van der Waals surface area contributed by atoms with Crippen LogP contribution in [-0.4, -0.2) is 16.0 Å². The zero-order valence-corrected chi connectivity index (χ0v) is 17.2. The molecule has 4 rings (SSSR count). The van der Waals surface area contributed by atoms with Gasteiger partial charge in [0, 0.05) is 6.07 Å². The lowest BCUT2D eigenvalue weighted by molar-refractivity contribution is 0.102. The van der Waals surface area contributed by atoms with Crippen molar-refractivity contribution in [2.24, 2.45) is 0 Å². The number of amides is 1. The van der Waals surface area contributed by atoms with Crippen LogP contribution in [0, 0.1) is 12.7 Å². The fraction of sp³-hybridized carbons (Fsp3) is 0.0870. The molecule has 0 aliphatic carbocycles. The third-order valence-electron chi connectivity index (χ3n) is 4.51. The van der Waals surface area contributed by atoms with E-state index in [2.05, 4.69) is 15.5 Å². The average molecular weight is 438 g/mol. The zero-order valence-electron chi connectivity index (χ0n) is 16.4. The van der Waals surface area contributed by atoms with Crippen LogP contribution in [-0.2, 0) is 6.61 Å². The summed E-state index contributed by atoms with van der Waals surface area (Å²) in [6, 6.07) is 17.2.